The molecule has 2 heterocycles. The second-order valence-electron chi connectivity index (χ2n) is 4.52. The Morgan fingerprint density at radius 2 is 2.22 bits per heavy atom. The molecule has 5 nitrogen and oxygen atoms in total. The normalized spacial score (nSPS) is 21.0. The summed E-state index contributed by atoms with van der Waals surface area (Å²) in [4.78, 5) is 17.5. The van der Waals surface area contributed by atoms with Gasteiger partial charge in [0.05, 0.1) is 5.69 Å². The third-order valence-electron chi connectivity index (χ3n) is 2.82. The molecule has 1 fully saturated rings. The van der Waals surface area contributed by atoms with E-state index in [-0.39, 0.29) is 24.8 Å². The Hall–Kier alpha value is -0.660. The Morgan fingerprint density at radius 3 is 2.67 bits per heavy atom. The van der Waals surface area contributed by atoms with E-state index in [4.69, 9.17) is 10.7 Å². The summed E-state index contributed by atoms with van der Waals surface area (Å²) in [5.41, 5.74) is 0.903. The first-order valence-corrected chi connectivity index (χ1v) is 8.73. The molecule has 1 aromatic heterocycles. The van der Waals surface area contributed by atoms with E-state index in [2.05, 4.69) is 4.98 Å². The van der Waals surface area contributed by atoms with Crippen LogP contribution in [0.2, 0.25) is 0 Å². The maximum Gasteiger partial charge on any atom is 0.237 e. The number of carbonyl (C=O) groups is 1. The van der Waals surface area contributed by atoms with Crippen LogP contribution < -0.4 is 4.90 Å². The summed E-state index contributed by atoms with van der Waals surface area (Å²) in [6.07, 6.45) is -0.0670. The topological polar surface area (TPSA) is 67.3 Å². The van der Waals surface area contributed by atoms with Crippen LogP contribution in [0.4, 0.5) is 5.13 Å². The molecule has 1 aliphatic rings. The average molecular weight is 309 g/mol. The highest BCUT2D eigenvalue weighted by Crippen LogP contribution is 2.30. The molecule has 2 rings (SSSR count). The van der Waals surface area contributed by atoms with E-state index < -0.39 is 14.3 Å². The first-order valence-electron chi connectivity index (χ1n) is 5.48. The number of hydrogen-bond donors (Lipinski definition) is 0. The molecular weight excluding hydrogens is 296 g/mol. The maximum absolute atomic E-state index is 11.8. The van der Waals surface area contributed by atoms with Gasteiger partial charge in [-0.25, -0.2) is 13.4 Å². The predicted octanol–water partition coefficient (Wildman–Crippen LogP) is 1.94. The van der Waals surface area contributed by atoms with E-state index >= 15 is 0 Å². The van der Waals surface area contributed by atoms with Crippen molar-refractivity contribution in [1.82, 2.24) is 4.98 Å². The minimum Gasteiger partial charge on any atom is -0.287 e. The molecule has 0 N–H and O–H groups in total. The molecule has 0 bridgehead atoms. The fourth-order valence-corrected chi connectivity index (χ4v) is 3.75. The molecule has 0 aromatic carbocycles. The number of halogens is 1. The highest BCUT2D eigenvalue weighted by Gasteiger charge is 2.39. The quantitative estimate of drug-likeness (QED) is 0.800. The number of amides is 1. The van der Waals surface area contributed by atoms with Crippen molar-refractivity contribution >= 4 is 42.1 Å². The van der Waals surface area contributed by atoms with Gasteiger partial charge in [-0.1, -0.05) is 13.8 Å². The van der Waals surface area contributed by atoms with Gasteiger partial charge in [-0.15, -0.1) is 11.3 Å². The van der Waals surface area contributed by atoms with Gasteiger partial charge in [-0.3, -0.25) is 9.69 Å². The highest BCUT2D eigenvalue weighted by molar-refractivity contribution is 8.14. The van der Waals surface area contributed by atoms with Crippen molar-refractivity contribution in [2.45, 2.75) is 31.4 Å². The van der Waals surface area contributed by atoms with Gasteiger partial charge in [0.1, 0.15) is 5.25 Å². The first-order chi connectivity index (χ1) is 8.29. The van der Waals surface area contributed by atoms with Crippen LogP contribution in [-0.2, 0) is 13.8 Å². The second kappa shape index (κ2) is 4.79. The minimum atomic E-state index is -3.70. The van der Waals surface area contributed by atoms with Gasteiger partial charge in [-0.05, 0) is 5.92 Å². The van der Waals surface area contributed by atoms with Crippen LogP contribution in [0.1, 0.15) is 31.9 Å². The predicted molar refractivity (Wildman–Crippen MR) is 71.7 cm³/mol. The Bertz CT molecular complexity index is 567. The first kappa shape index (κ1) is 13.8. The molecule has 18 heavy (non-hydrogen) atoms. The van der Waals surface area contributed by atoms with E-state index in [1.807, 2.05) is 19.2 Å². The van der Waals surface area contributed by atoms with E-state index in [1.54, 1.807) is 0 Å². The third-order valence-corrected chi connectivity index (χ3v) is 5.57. The summed E-state index contributed by atoms with van der Waals surface area (Å²) in [5.74, 6) is 0.0362. The van der Waals surface area contributed by atoms with Crippen molar-refractivity contribution in [3.8, 4) is 0 Å². The van der Waals surface area contributed by atoms with Gasteiger partial charge in [0.25, 0.3) is 0 Å². The molecule has 8 heteroatoms. The Morgan fingerprint density at radius 1 is 1.56 bits per heavy atom. The zero-order valence-corrected chi connectivity index (χ0v) is 12.3. The number of nitrogens with zero attached hydrogens (tertiary/aromatic N) is 2. The third kappa shape index (κ3) is 2.67. The van der Waals surface area contributed by atoms with Gasteiger partial charge in [0.15, 0.2) is 5.13 Å². The molecule has 1 saturated heterocycles. The zero-order chi connectivity index (χ0) is 13.5. The standard InChI is InChI=1S/C10H13ClN2O3S2/c1-6(2)8-5-17-10(12-8)13-4-7(3-9(13)14)18(11,15)16/h5-7H,3-4H2,1-2H3. The van der Waals surface area contributed by atoms with Gasteiger partial charge >= 0.3 is 0 Å². The lowest BCUT2D eigenvalue weighted by Crippen LogP contribution is -2.26. The van der Waals surface area contributed by atoms with E-state index in [9.17, 15) is 13.2 Å². The summed E-state index contributed by atoms with van der Waals surface area (Å²) in [5, 5.41) is 1.60. The Balaban J connectivity index is 2.22. The fraction of sp³-hybridized carbons (Fsp3) is 0.600. The van der Waals surface area contributed by atoms with Crippen LogP contribution in [0.25, 0.3) is 0 Å². The van der Waals surface area contributed by atoms with Crippen molar-refractivity contribution in [3.05, 3.63) is 11.1 Å². The average Bonchev–Trinajstić information content (AvgIpc) is 2.81. The molecule has 1 atom stereocenters. The summed E-state index contributed by atoms with van der Waals surface area (Å²) >= 11 is 1.35. The SMILES string of the molecule is CC(C)c1csc(N2CC(S(=O)(=O)Cl)CC2=O)n1. The number of anilines is 1. The number of hydrogen-bond acceptors (Lipinski definition) is 5. The van der Waals surface area contributed by atoms with E-state index in [1.165, 1.54) is 16.2 Å². The summed E-state index contributed by atoms with van der Waals surface area (Å²) in [6, 6.07) is 0. The van der Waals surface area contributed by atoms with Gasteiger partial charge in [0.2, 0.25) is 15.0 Å². The molecule has 100 valence electrons. The summed E-state index contributed by atoms with van der Waals surface area (Å²) in [7, 11) is 1.59. The smallest absolute Gasteiger partial charge is 0.237 e. The lowest BCUT2D eigenvalue weighted by molar-refractivity contribution is -0.117. The zero-order valence-electron chi connectivity index (χ0n) is 9.96. The van der Waals surface area contributed by atoms with Crippen molar-refractivity contribution in [2.75, 3.05) is 11.4 Å². The lowest BCUT2D eigenvalue weighted by atomic mass is 10.2. The molecular formula is C10H13ClN2O3S2. The molecule has 0 aliphatic carbocycles. The van der Waals surface area contributed by atoms with Crippen LogP contribution in [0, 0.1) is 0 Å². The maximum atomic E-state index is 11.8. The van der Waals surface area contributed by atoms with Crippen LogP contribution >= 0.6 is 22.0 Å². The number of thiazole rings is 1. The highest BCUT2D eigenvalue weighted by atomic mass is 35.7. The number of rotatable bonds is 3. The Labute approximate surface area is 114 Å². The van der Waals surface area contributed by atoms with Crippen LogP contribution in [0.3, 0.4) is 0 Å². The molecule has 1 unspecified atom stereocenters. The number of carbonyl (C=O) groups excluding carboxylic acids is 1. The lowest BCUT2D eigenvalue weighted by Gasteiger charge is -2.11. The molecule has 0 spiro atoms. The van der Waals surface area contributed by atoms with Gasteiger partial charge < -0.3 is 0 Å². The van der Waals surface area contributed by atoms with Crippen molar-refractivity contribution in [2.24, 2.45) is 0 Å². The molecule has 1 aromatic rings. The summed E-state index contributed by atoms with van der Waals surface area (Å²) < 4.78 is 22.5. The van der Waals surface area contributed by atoms with E-state index in [0.29, 0.717) is 5.13 Å². The van der Waals surface area contributed by atoms with Gasteiger partial charge in [0, 0.05) is 29.0 Å². The monoisotopic (exact) mass is 308 g/mol. The second-order valence-corrected chi connectivity index (χ2v) is 8.26. The molecule has 0 saturated carbocycles. The largest absolute Gasteiger partial charge is 0.287 e. The van der Waals surface area contributed by atoms with Gasteiger partial charge in [-0.2, -0.15) is 0 Å². The van der Waals surface area contributed by atoms with Crippen LogP contribution in [0.5, 0.6) is 0 Å². The van der Waals surface area contributed by atoms with Crippen molar-refractivity contribution in [3.63, 3.8) is 0 Å². The molecule has 1 aliphatic heterocycles. The molecule has 1 amide bonds. The Kier molecular flexibility index (Phi) is 3.66. The summed E-state index contributed by atoms with van der Waals surface area (Å²) in [6.45, 7) is 4.11. The number of aromatic nitrogens is 1. The van der Waals surface area contributed by atoms with Crippen molar-refractivity contribution in [1.29, 1.82) is 0 Å². The molecule has 0 radical (unpaired) electrons. The fourth-order valence-electron chi connectivity index (χ4n) is 1.71. The van der Waals surface area contributed by atoms with Crippen molar-refractivity contribution < 1.29 is 13.2 Å². The minimum absolute atomic E-state index is 0.0670. The van der Waals surface area contributed by atoms with E-state index in [0.717, 1.165) is 5.69 Å². The van der Waals surface area contributed by atoms with Crippen LogP contribution in [-0.4, -0.2) is 31.1 Å². The van der Waals surface area contributed by atoms with Crippen LogP contribution in [0.15, 0.2) is 5.38 Å².